The normalized spacial score (nSPS) is 16.2. The third-order valence-electron chi connectivity index (χ3n) is 3.12. The number of alkyl halides is 1. The fourth-order valence-corrected chi connectivity index (χ4v) is 2.22. The summed E-state index contributed by atoms with van der Waals surface area (Å²) in [6, 6.07) is 18.4. The number of hydrogen-bond donors (Lipinski definition) is 2. The second-order valence-corrected chi connectivity index (χ2v) is 5.20. The van der Waals surface area contributed by atoms with Gasteiger partial charge in [-0.15, -0.1) is 0 Å². The number of aliphatic carboxylic acids is 1. The largest absolute Gasteiger partial charge is 0.477 e. The van der Waals surface area contributed by atoms with Crippen LogP contribution in [0.25, 0.3) is 0 Å². The van der Waals surface area contributed by atoms with Crippen molar-refractivity contribution in [3.8, 4) is 0 Å². The van der Waals surface area contributed by atoms with Gasteiger partial charge in [-0.3, -0.25) is 0 Å². The van der Waals surface area contributed by atoms with Crippen LogP contribution in [0.4, 0.5) is 0 Å². The predicted molar refractivity (Wildman–Crippen MR) is 85.3 cm³/mol. The van der Waals surface area contributed by atoms with Gasteiger partial charge in [0.2, 0.25) is 0 Å². The minimum absolute atomic E-state index is 0.367. The van der Waals surface area contributed by atoms with E-state index in [1.54, 1.807) is 0 Å². The lowest BCUT2D eigenvalue weighted by Gasteiger charge is -2.24. The first-order valence-corrected chi connectivity index (χ1v) is 6.96. The van der Waals surface area contributed by atoms with E-state index in [4.69, 9.17) is 11.6 Å². The number of halogens is 1. The molecular weight excluding hydrogens is 302 g/mol. The number of carbonyl (C=O) groups is 1. The maximum atomic E-state index is 11.5. The van der Waals surface area contributed by atoms with E-state index < -0.39 is 11.1 Å². The minimum Gasteiger partial charge on any atom is -0.477 e. The molecule has 1 aliphatic rings. The molecule has 0 unspecified atom stereocenters. The highest BCUT2D eigenvalue weighted by atomic mass is 35.5. The topological polar surface area (TPSA) is 74.0 Å². The number of amidine groups is 2. The molecule has 0 aromatic heterocycles. The van der Waals surface area contributed by atoms with Crippen molar-refractivity contribution in [2.45, 2.75) is 5.12 Å². The molecular formula is C16H12ClN3O2. The number of aliphatic imine (C=N–C) groups is 2. The first kappa shape index (κ1) is 14.3. The number of rotatable bonds is 3. The first-order chi connectivity index (χ1) is 10.6. The van der Waals surface area contributed by atoms with Gasteiger partial charge in [0, 0.05) is 11.1 Å². The molecule has 0 atom stereocenters. The quantitative estimate of drug-likeness (QED) is 0.675. The highest BCUT2D eigenvalue weighted by Crippen LogP contribution is 2.25. The summed E-state index contributed by atoms with van der Waals surface area (Å²) in [6.45, 7) is 0. The van der Waals surface area contributed by atoms with Gasteiger partial charge in [0.15, 0.2) is 0 Å². The maximum Gasteiger partial charge on any atom is 0.371 e. The van der Waals surface area contributed by atoms with Gasteiger partial charge in [-0.2, -0.15) is 0 Å². The Morgan fingerprint density at radius 1 is 0.909 bits per heavy atom. The van der Waals surface area contributed by atoms with Crippen LogP contribution in [0, 0.1) is 0 Å². The number of benzene rings is 2. The number of carboxylic acid groups (broad SMARTS) is 1. The lowest BCUT2D eigenvalue weighted by molar-refractivity contribution is -0.139. The second kappa shape index (κ2) is 5.61. The van der Waals surface area contributed by atoms with Gasteiger partial charge in [-0.1, -0.05) is 72.3 Å². The van der Waals surface area contributed by atoms with Gasteiger partial charge in [-0.05, 0) is 0 Å². The zero-order chi connectivity index (χ0) is 15.6. The summed E-state index contributed by atoms with van der Waals surface area (Å²) in [5.74, 6) is -0.587. The average Bonchev–Trinajstić information content (AvgIpc) is 2.56. The number of hydrogen-bond acceptors (Lipinski definition) is 4. The molecule has 0 amide bonds. The molecule has 2 aromatic rings. The van der Waals surface area contributed by atoms with Crippen LogP contribution in [-0.4, -0.2) is 27.9 Å². The molecule has 0 radical (unpaired) electrons. The second-order valence-electron chi connectivity index (χ2n) is 4.67. The monoisotopic (exact) mass is 313 g/mol. The predicted octanol–water partition coefficient (Wildman–Crippen LogP) is 2.46. The molecule has 6 heteroatoms. The Balaban J connectivity index is 2.08. The smallest absolute Gasteiger partial charge is 0.371 e. The molecule has 0 bridgehead atoms. The van der Waals surface area contributed by atoms with E-state index in [2.05, 4.69) is 15.3 Å². The van der Waals surface area contributed by atoms with Gasteiger partial charge in [0.05, 0.1) is 0 Å². The molecule has 110 valence electrons. The third kappa shape index (κ3) is 2.71. The van der Waals surface area contributed by atoms with E-state index in [-0.39, 0.29) is 0 Å². The zero-order valence-electron chi connectivity index (χ0n) is 11.4. The van der Waals surface area contributed by atoms with Gasteiger partial charge in [0.25, 0.3) is 0 Å². The molecule has 0 fully saturated rings. The summed E-state index contributed by atoms with van der Waals surface area (Å²) in [5, 5.41) is 10.3. The summed E-state index contributed by atoms with van der Waals surface area (Å²) in [6.07, 6.45) is 0. The van der Waals surface area contributed by atoms with Crippen LogP contribution in [0.15, 0.2) is 70.6 Å². The molecule has 0 aliphatic carbocycles. The first-order valence-electron chi connectivity index (χ1n) is 6.58. The fourth-order valence-electron chi connectivity index (χ4n) is 2.05. The van der Waals surface area contributed by atoms with E-state index in [9.17, 15) is 9.90 Å². The zero-order valence-corrected chi connectivity index (χ0v) is 12.2. The summed E-state index contributed by atoms with van der Waals surface area (Å²) >= 11 is 6.08. The van der Waals surface area contributed by atoms with Gasteiger partial charge in [0.1, 0.15) is 11.7 Å². The van der Waals surface area contributed by atoms with Gasteiger partial charge >= 0.3 is 11.1 Å². The van der Waals surface area contributed by atoms with E-state index in [0.717, 1.165) is 11.1 Å². The number of nitrogens with zero attached hydrogens (tertiary/aromatic N) is 2. The van der Waals surface area contributed by atoms with Crippen LogP contribution in [0.3, 0.4) is 0 Å². The molecule has 0 saturated carbocycles. The van der Waals surface area contributed by atoms with Crippen molar-refractivity contribution < 1.29 is 9.90 Å². The van der Waals surface area contributed by atoms with Crippen molar-refractivity contribution in [3.05, 3.63) is 71.8 Å². The summed E-state index contributed by atoms with van der Waals surface area (Å²) in [7, 11) is 0. The lowest BCUT2D eigenvalue weighted by atomic mass is 10.1. The molecule has 5 nitrogen and oxygen atoms in total. The van der Waals surface area contributed by atoms with Gasteiger partial charge < -0.3 is 10.4 Å². The molecule has 0 saturated heterocycles. The van der Waals surface area contributed by atoms with Crippen molar-refractivity contribution in [1.82, 2.24) is 5.32 Å². The van der Waals surface area contributed by atoms with Crippen LogP contribution in [0.1, 0.15) is 11.1 Å². The van der Waals surface area contributed by atoms with Crippen molar-refractivity contribution in [3.63, 3.8) is 0 Å². The molecule has 3 rings (SSSR count). The summed E-state index contributed by atoms with van der Waals surface area (Å²) in [5.41, 5.74) is 1.47. The Labute approximate surface area is 132 Å². The number of carboxylic acids is 1. The van der Waals surface area contributed by atoms with E-state index in [1.165, 1.54) is 0 Å². The van der Waals surface area contributed by atoms with Crippen LogP contribution in [-0.2, 0) is 4.79 Å². The Morgan fingerprint density at radius 2 is 1.32 bits per heavy atom. The molecule has 22 heavy (non-hydrogen) atoms. The molecule has 2 aromatic carbocycles. The highest BCUT2D eigenvalue weighted by molar-refractivity contribution is 6.36. The Morgan fingerprint density at radius 3 is 1.68 bits per heavy atom. The standard InChI is InChI=1S/C16H12ClN3O2/c17-16(15(21)22)19-13(11-7-3-1-4-8-11)18-14(20-16)12-9-5-2-6-10-12/h1-10H,(H,21,22)(H,18,19,20). The van der Waals surface area contributed by atoms with Crippen molar-refractivity contribution in [2.75, 3.05) is 0 Å². The Kier molecular flexibility index (Phi) is 3.65. The summed E-state index contributed by atoms with van der Waals surface area (Å²) in [4.78, 5) is 19.5. The third-order valence-corrected chi connectivity index (χ3v) is 3.45. The summed E-state index contributed by atoms with van der Waals surface area (Å²) < 4.78 is 0. The van der Waals surface area contributed by atoms with E-state index >= 15 is 0 Å². The van der Waals surface area contributed by atoms with Crippen LogP contribution < -0.4 is 5.32 Å². The van der Waals surface area contributed by atoms with E-state index in [0.29, 0.717) is 11.7 Å². The Bertz CT molecular complexity index is 702. The highest BCUT2D eigenvalue weighted by Gasteiger charge is 2.39. The Hall–Kier alpha value is -2.66. The van der Waals surface area contributed by atoms with Crippen molar-refractivity contribution in [2.24, 2.45) is 9.98 Å². The molecule has 1 heterocycles. The number of nitrogens with one attached hydrogen (secondary N) is 1. The fraction of sp³-hybridized carbons (Fsp3) is 0.0625. The van der Waals surface area contributed by atoms with Crippen LogP contribution in [0.5, 0.6) is 0 Å². The molecule has 2 N–H and O–H groups in total. The van der Waals surface area contributed by atoms with E-state index in [1.807, 2.05) is 60.7 Å². The van der Waals surface area contributed by atoms with Crippen LogP contribution >= 0.6 is 11.6 Å². The maximum absolute atomic E-state index is 11.5. The average molecular weight is 314 g/mol. The van der Waals surface area contributed by atoms with Crippen molar-refractivity contribution >= 4 is 29.2 Å². The molecule has 0 spiro atoms. The molecule has 1 aliphatic heterocycles. The SMILES string of the molecule is O=C(O)C1(Cl)N=C(c2ccccc2)NC(c2ccccc2)=N1. The van der Waals surface area contributed by atoms with Gasteiger partial charge in [-0.25, -0.2) is 14.8 Å². The van der Waals surface area contributed by atoms with Crippen molar-refractivity contribution in [1.29, 1.82) is 0 Å². The lowest BCUT2D eigenvalue weighted by Crippen LogP contribution is -2.44. The minimum atomic E-state index is -2.07. The van der Waals surface area contributed by atoms with Crippen LogP contribution in [0.2, 0.25) is 0 Å².